The standard InChI is InChI=1S/C11H14BrNO2/c1-14-11-3-2-9(12)8-10(11)13-4-6-15-7-5-13/h2-3,8H,4-7H2,1H3. The zero-order chi connectivity index (χ0) is 10.7. The minimum atomic E-state index is 0.787. The van der Waals surface area contributed by atoms with Crippen LogP contribution in [0.25, 0.3) is 0 Å². The van der Waals surface area contributed by atoms with E-state index >= 15 is 0 Å². The van der Waals surface area contributed by atoms with Gasteiger partial charge >= 0.3 is 0 Å². The summed E-state index contributed by atoms with van der Waals surface area (Å²) >= 11 is 3.48. The SMILES string of the molecule is COc1ccc(Br)cc1N1CCOCC1. The normalized spacial score (nSPS) is 16.5. The number of morpholine rings is 1. The number of ether oxygens (including phenoxy) is 2. The fourth-order valence-electron chi connectivity index (χ4n) is 1.71. The summed E-state index contributed by atoms with van der Waals surface area (Å²) in [6, 6.07) is 6.06. The van der Waals surface area contributed by atoms with E-state index in [2.05, 4.69) is 26.9 Å². The van der Waals surface area contributed by atoms with Crippen molar-refractivity contribution in [1.82, 2.24) is 0 Å². The van der Waals surface area contributed by atoms with Gasteiger partial charge in [-0.3, -0.25) is 0 Å². The molecule has 1 aromatic carbocycles. The van der Waals surface area contributed by atoms with Gasteiger partial charge in [0, 0.05) is 17.6 Å². The van der Waals surface area contributed by atoms with Crippen LogP contribution in [0.4, 0.5) is 5.69 Å². The molecule has 0 bridgehead atoms. The van der Waals surface area contributed by atoms with Gasteiger partial charge < -0.3 is 14.4 Å². The number of hydrogen-bond acceptors (Lipinski definition) is 3. The highest BCUT2D eigenvalue weighted by atomic mass is 79.9. The number of methoxy groups -OCH3 is 1. The molecule has 0 atom stereocenters. The van der Waals surface area contributed by atoms with E-state index < -0.39 is 0 Å². The molecule has 0 saturated carbocycles. The molecule has 1 aromatic rings. The number of halogens is 1. The van der Waals surface area contributed by atoms with Crippen molar-refractivity contribution in [3.8, 4) is 5.75 Å². The van der Waals surface area contributed by atoms with Crippen LogP contribution in [0.5, 0.6) is 5.75 Å². The summed E-state index contributed by atoms with van der Waals surface area (Å²) in [6.45, 7) is 3.42. The van der Waals surface area contributed by atoms with Gasteiger partial charge in [0.25, 0.3) is 0 Å². The second-order valence-electron chi connectivity index (χ2n) is 3.42. The third kappa shape index (κ3) is 2.44. The Hall–Kier alpha value is -0.740. The Kier molecular flexibility index (Phi) is 3.49. The van der Waals surface area contributed by atoms with E-state index in [0.29, 0.717) is 0 Å². The van der Waals surface area contributed by atoms with Gasteiger partial charge in [-0.25, -0.2) is 0 Å². The summed E-state index contributed by atoms with van der Waals surface area (Å²) in [7, 11) is 1.70. The van der Waals surface area contributed by atoms with Crippen molar-refractivity contribution < 1.29 is 9.47 Å². The molecular formula is C11H14BrNO2. The Morgan fingerprint density at radius 1 is 1.33 bits per heavy atom. The maximum absolute atomic E-state index is 5.35. The largest absolute Gasteiger partial charge is 0.495 e. The first-order valence-electron chi connectivity index (χ1n) is 4.97. The zero-order valence-electron chi connectivity index (χ0n) is 8.70. The predicted octanol–water partition coefficient (Wildman–Crippen LogP) is 2.29. The summed E-state index contributed by atoms with van der Waals surface area (Å²) in [5, 5.41) is 0. The first kappa shape index (κ1) is 10.8. The van der Waals surface area contributed by atoms with E-state index in [4.69, 9.17) is 9.47 Å². The Balaban J connectivity index is 2.27. The minimum Gasteiger partial charge on any atom is -0.495 e. The summed E-state index contributed by atoms with van der Waals surface area (Å²) in [4.78, 5) is 2.28. The lowest BCUT2D eigenvalue weighted by molar-refractivity contribution is 0.122. The Morgan fingerprint density at radius 2 is 2.07 bits per heavy atom. The van der Waals surface area contributed by atoms with Crippen LogP contribution in [-0.4, -0.2) is 33.4 Å². The van der Waals surface area contributed by atoms with Gasteiger partial charge in [0.2, 0.25) is 0 Å². The van der Waals surface area contributed by atoms with Crippen LogP contribution >= 0.6 is 15.9 Å². The topological polar surface area (TPSA) is 21.7 Å². The van der Waals surface area contributed by atoms with Crippen LogP contribution in [0.15, 0.2) is 22.7 Å². The smallest absolute Gasteiger partial charge is 0.142 e. The molecule has 15 heavy (non-hydrogen) atoms. The molecule has 0 radical (unpaired) electrons. The van der Waals surface area contributed by atoms with Crippen LogP contribution < -0.4 is 9.64 Å². The lowest BCUT2D eigenvalue weighted by Crippen LogP contribution is -2.36. The van der Waals surface area contributed by atoms with Gasteiger partial charge in [-0.15, -0.1) is 0 Å². The maximum Gasteiger partial charge on any atom is 0.142 e. The Labute approximate surface area is 98.1 Å². The van der Waals surface area contributed by atoms with E-state index in [0.717, 1.165) is 42.2 Å². The quantitative estimate of drug-likeness (QED) is 0.824. The van der Waals surface area contributed by atoms with Gasteiger partial charge in [-0.2, -0.15) is 0 Å². The molecule has 2 rings (SSSR count). The lowest BCUT2D eigenvalue weighted by Gasteiger charge is -2.30. The summed E-state index contributed by atoms with van der Waals surface area (Å²) < 4.78 is 11.8. The average Bonchev–Trinajstić information content (AvgIpc) is 2.30. The van der Waals surface area contributed by atoms with Crippen molar-refractivity contribution in [1.29, 1.82) is 0 Å². The highest BCUT2D eigenvalue weighted by Crippen LogP contribution is 2.31. The van der Waals surface area contributed by atoms with Gasteiger partial charge in [0.05, 0.1) is 26.0 Å². The van der Waals surface area contributed by atoms with Crippen LogP contribution in [0.2, 0.25) is 0 Å². The van der Waals surface area contributed by atoms with E-state index in [-0.39, 0.29) is 0 Å². The summed E-state index contributed by atoms with van der Waals surface area (Å²) in [6.07, 6.45) is 0. The van der Waals surface area contributed by atoms with E-state index in [1.807, 2.05) is 12.1 Å². The fourth-order valence-corrected chi connectivity index (χ4v) is 2.06. The third-order valence-corrected chi connectivity index (χ3v) is 2.99. The van der Waals surface area contributed by atoms with Crippen molar-refractivity contribution in [3.05, 3.63) is 22.7 Å². The average molecular weight is 272 g/mol. The highest BCUT2D eigenvalue weighted by Gasteiger charge is 2.15. The maximum atomic E-state index is 5.35. The van der Waals surface area contributed by atoms with E-state index in [1.54, 1.807) is 7.11 Å². The first-order valence-corrected chi connectivity index (χ1v) is 5.77. The second kappa shape index (κ2) is 4.86. The Morgan fingerprint density at radius 3 is 2.73 bits per heavy atom. The molecular weight excluding hydrogens is 258 g/mol. The van der Waals surface area contributed by atoms with Crippen molar-refractivity contribution in [2.45, 2.75) is 0 Å². The zero-order valence-corrected chi connectivity index (χ0v) is 10.3. The molecule has 1 aliphatic heterocycles. The number of rotatable bonds is 2. The molecule has 3 nitrogen and oxygen atoms in total. The van der Waals surface area contributed by atoms with Crippen LogP contribution in [-0.2, 0) is 4.74 Å². The Bertz CT molecular complexity index is 337. The molecule has 1 saturated heterocycles. The van der Waals surface area contributed by atoms with Gasteiger partial charge in [0.1, 0.15) is 5.75 Å². The number of benzene rings is 1. The lowest BCUT2D eigenvalue weighted by atomic mass is 10.2. The van der Waals surface area contributed by atoms with Crippen LogP contribution in [0, 0.1) is 0 Å². The second-order valence-corrected chi connectivity index (χ2v) is 4.33. The van der Waals surface area contributed by atoms with E-state index in [1.165, 1.54) is 0 Å². The van der Waals surface area contributed by atoms with Gasteiger partial charge in [-0.1, -0.05) is 15.9 Å². The fraction of sp³-hybridized carbons (Fsp3) is 0.455. The molecule has 1 fully saturated rings. The highest BCUT2D eigenvalue weighted by molar-refractivity contribution is 9.10. The molecule has 82 valence electrons. The van der Waals surface area contributed by atoms with Gasteiger partial charge in [-0.05, 0) is 18.2 Å². The molecule has 0 spiro atoms. The van der Waals surface area contributed by atoms with Crippen molar-refractivity contribution in [3.63, 3.8) is 0 Å². The first-order chi connectivity index (χ1) is 7.31. The number of nitrogens with zero attached hydrogens (tertiary/aromatic N) is 1. The molecule has 1 heterocycles. The molecule has 0 amide bonds. The van der Waals surface area contributed by atoms with Crippen LogP contribution in [0.3, 0.4) is 0 Å². The van der Waals surface area contributed by atoms with Crippen molar-refractivity contribution in [2.24, 2.45) is 0 Å². The minimum absolute atomic E-state index is 0.787. The molecule has 0 aromatic heterocycles. The predicted molar refractivity (Wildman–Crippen MR) is 63.7 cm³/mol. The monoisotopic (exact) mass is 271 g/mol. The molecule has 1 aliphatic rings. The van der Waals surface area contributed by atoms with Gasteiger partial charge in [0.15, 0.2) is 0 Å². The third-order valence-electron chi connectivity index (χ3n) is 2.49. The van der Waals surface area contributed by atoms with Crippen LogP contribution in [0.1, 0.15) is 0 Å². The molecule has 0 N–H and O–H groups in total. The molecule has 4 heteroatoms. The van der Waals surface area contributed by atoms with Crippen molar-refractivity contribution in [2.75, 3.05) is 38.3 Å². The number of anilines is 1. The van der Waals surface area contributed by atoms with E-state index in [9.17, 15) is 0 Å². The molecule has 0 aliphatic carbocycles. The number of hydrogen-bond donors (Lipinski definition) is 0. The summed E-state index contributed by atoms with van der Waals surface area (Å²) in [5.41, 5.74) is 1.13. The van der Waals surface area contributed by atoms with Crippen molar-refractivity contribution >= 4 is 21.6 Å². The summed E-state index contributed by atoms with van der Waals surface area (Å²) in [5.74, 6) is 0.917. The molecule has 0 unspecified atom stereocenters.